The van der Waals surface area contributed by atoms with Crippen molar-refractivity contribution in [3.63, 3.8) is 0 Å². The molecule has 0 aromatic heterocycles. The Kier molecular flexibility index (Phi) is 8.71. The lowest BCUT2D eigenvalue weighted by Gasteiger charge is -2.14. The summed E-state index contributed by atoms with van der Waals surface area (Å²) in [7, 11) is 0. The van der Waals surface area contributed by atoms with E-state index in [9.17, 15) is 0 Å². The molecule has 0 amide bonds. The molecule has 30 heavy (non-hydrogen) atoms. The molecular weight excluding hydrogens is 368 g/mol. The van der Waals surface area contributed by atoms with E-state index in [-0.39, 0.29) is 0 Å². The predicted octanol–water partition coefficient (Wildman–Crippen LogP) is 7.37. The molecule has 0 aliphatic carbocycles. The van der Waals surface area contributed by atoms with E-state index in [1.54, 1.807) is 48.5 Å². The van der Waals surface area contributed by atoms with Crippen LogP contribution in [0.4, 0.5) is 0 Å². The fourth-order valence-electron chi connectivity index (χ4n) is 2.99. The van der Waals surface area contributed by atoms with Gasteiger partial charge < -0.3 is 10.2 Å². The SMILES string of the molecule is Cc1cc(-c2ccccc2)c(C)c(C)c1C.Oc1ccccc1.Oc1ccccc1. The minimum absolute atomic E-state index is 0.322. The second-order valence-corrected chi connectivity index (χ2v) is 7.15. The maximum atomic E-state index is 8.63. The second kappa shape index (κ2) is 11.5. The van der Waals surface area contributed by atoms with Gasteiger partial charge in [0.25, 0.3) is 0 Å². The van der Waals surface area contributed by atoms with Crippen molar-refractivity contribution in [2.75, 3.05) is 0 Å². The van der Waals surface area contributed by atoms with Crippen LogP contribution in [0.1, 0.15) is 22.3 Å². The first-order valence-electron chi connectivity index (χ1n) is 10.0. The van der Waals surface area contributed by atoms with Crippen molar-refractivity contribution in [3.8, 4) is 22.6 Å². The molecule has 0 bridgehead atoms. The highest BCUT2D eigenvalue weighted by atomic mass is 16.3. The number of phenols is 2. The number of aromatic hydroxyl groups is 2. The van der Waals surface area contributed by atoms with E-state index >= 15 is 0 Å². The molecule has 0 fully saturated rings. The van der Waals surface area contributed by atoms with Crippen LogP contribution in [-0.4, -0.2) is 10.2 Å². The van der Waals surface area contributed by atoms with Crippen LogP contribution in [0.2, 0.25) is 0 Å². The first-order chi connectivity index (χ1) is 14.4. The van der Waals surface area contributed by atoms with Crippen LogP contribution in [0.15, 0.2) is 97.1 Å². The van der Waals surface area contributed by atoms with Crippen LogP contribution in [0.25, 0.3) is 11.1 Å². The third-order valence-electron chi connectivity index (χ3n) is 5.08. The molecule has 4 rings (SSSR count). The van der Waals surface area contributed by atoms with Gasteiger partial charge in [0.1, 0.15) is 11.5 Å². The first-order valence-corrected chi connectivity index (χ1v) is 10.0. The topological polar surface area (TPSA) is 40.5 Å². The summed E-state index contributed by atoms with van der Waals surface area (Å²) in [6, 6.07) is 30.3. The number of phenolic OH excluding ortho intramolecular Hbond substituents is 2. The summed E-state index contributed by atoms with van der Waals surface area (Å²) in [6.45, 7) is 8.81. The molecule has 0 saturated heterocycles. The van der Waals surface area contributed by atoms with Gasteiger partial charge in [-0.3, -0.25) is 0 Å². The van der Waals surface area contributed by atoms with Gasteiger partial charge in [-0.05, 0) is 85.3 Å². The van der Waals surface area contributed by atoms with Gasteiger partial charge in [0.15, 0.2) is 0 Å². The van der Waals surface area contributed by atoms with Crippen LogP contribution in [0, 0.1) is 27.7 Å². The zero-order chi connectivity index (χ0) is 21.9. The summed E-state index contributed by atoms with van der Waals surface area (Å²) in [5, 5.41) is 17.3. The quantitative estimate of drug-likeness (QED) is 0.351. The van der Waals surface area contributed by atoms with Crippen LogP contribution in [-0.2, 0) is 0 Å². The highest BCUT2D eigenvalue weighted by Crippen LogP contribution is 2.29. The van der Waals surface area contributed by atoms with Gasteiger partial charge in [0.2, 0.25) is 0 Å². The van der Waals surface area contributed by atoms with Crippen molar-refractivity contribution in [1.29, 1.82) is 0 Å². The van der Waals surface area contributed by atoms with Crippen molar-refractivity contribution in [3.05, 3.63) is 119 Å². The minimum atomic E-state index is 0.322. The van der Waals surface area contributed by atoms with Crippen LogP contribution in [0.3, 0.4) is 0 Å². The zero-order valence-electron chi connectivity index (χ0n) is 18.1. The van der Waals surface area contributed by atoms with E-state index in [2.05, 4.69) is 64.1 Å². The van der Waals surface area contributed by atoms with E-state index in [0.29, 0.717) is 11.5 Å². The Balaban J connectivity index is 0.000000188. The van der Waals surface area contributed by atoms with E-state index < -0.39 is 0 Å². The van der Waals surface area contributed by atoms with Gasteiger partial charge in [-0.2, -0.15) is 0 Å². The lowest BCUT2D eigenvalue weighted by atomic mass is 9.91. The zero-order valence-corrected chi connectivity index (χ0v) is 18.1. The Morgan fingerprint density at radius 3 is 1.23 bits per heavy atom. The third-order valence-corrected chi connectivity index (χ3v) is 5.08. The Bertz CT molecular complexity index is 987. The van der Waals surface area contributed by atoms with Gasteiger partial charge in [-0.1, -0.05) is 72.8 Å². The molecule has 0 spiro atoms. The molecule has 0 aliphatic heterocycles. The van der Waals surface area contributed by atoms with Crippen molar-refractivity contribution in [2.45, 2.75) is 27.7 Å². The predicted molar refractivity (Wildman–Crippen MR) is 127 cm³/mol. The summed E-state index contributed by atoms with van der Waals surface area (Å²) in [5.41, 5.74) is 8.28. The summed E-state index contributed by atoms with van der Waals surface area (Å²) in [6.07, 6.45) is 0. The summed E-state index contributed by atoms with van der Waals surface area (Å²) in [4.78, 5) is 0. The van der Waals surface area contributed by atoms with Crippen molar-refractivity contribution >= 4 is 0 Å². The average Bonchev–Trinajstić information content (AvgIpc) is 2.77. The molecule has 2 nitrogen and oxygen atoms in total. The Labute approximate surface area is 180 Å². The van der Waals surface area contributed by atoms with Crippen molar-refractivity contribution < 1.29 is 10.2 Å². The second-order valence-electron chi connectivity index (χ2n) is 7.15. The Morgan fingerprint density at radius 2 is 0.867 bits per heavy atom. The Hall–Kier alpha value is -3.52. The lowest BCUT2D eigenvalue weighted by molar-refractivity contribution is 0.475. The number of hydrogen-bond acceptors (Lipinski definition) is 2. The standard InChI is InChI=1S/C16H18.2C6H6O/c1-11-10-16(14(4)13(3)12(11)2)15-8-6-5-7-9-15;2*7-6-4-2-1-3-5-6/h5-10H,1-4H3;2*1-5,7H. The summed E-state index contributed by atoms with van der Waals surface area (Å²) in [5.74, 6) is 0.644. The molecule has 2 N–H and O–H groups in total. The molecule has 0 radical (unpaired) electrons. The molecule has 0 heterocycles. The van der Waals surface area contributed by atoms with Crippen LogP contribution < -0.4 is 0 Å². The van der Waals surface area contributed by atoms with Gasteiger partial charge >= 0.3 is 0 Å². The smallest absolute Gasteiger partial charge is 0.115 e. The first kappa shape index (κ1) is 22.8. The number of aryl methyl sites for hydroxylation is 1. The number of para-hydroxylation sites is 2. The van der Waals surface area contributed by atoms with E-state index in [4.69, 9.17) is 10.2 Å². The molecule has 0 unspecified atom stereocenters. The minimum Gasteiger partial charge on any atom is -0.508 e. The molecule has 4 aromatic carbocycles. The molecule has 0 aliphatic rings. The largest absolute Gasteiger partial charge is 0.508 e. The van der Waals surface area contributed by atoms with E-state index in [1.165, 1.54) is 33.4 Å². The van der Waals surface area contributed by atoms with Gasteiger partial charge in [-0.25, -0.2) is 0 Å². The monoisotopic (exact) mass is 398 g/mol. The van der Waals surface area contributed by atoms with Crippen LogP contribution >= 0.6 is 0 Å². The van der Waals surface area contributed by atoms with E-state index in [0.717, 1.165) is 0 Å². The summed E-state index contributed by atoms with van der Waals surface area (Å²) >= 11 is 0. The highest BCUT2D eigenvalue weighted by Gasteiger charge is 2.08. The number of rotatable bonds is 1. The normalized spacial score (nSPS) is 9.60. The Morgan fingerprint density at radius 1 is 0.467 bits per heavy atom. The van der Waals surface area contributed by atoms with Crippen molar-refractivity contribution in [2.24, 2.45) is 0 Å². The number of hydrogen-bond donors (Lipinski definition) is 2. The molecule has 4 aromatic rings. The van der Waals surface area contributed by atoms with Crippen molar-refractivity contribution in [1.82, 2.24) is 0 Å². The average molecular weight is 399 g/mol. The third kappa shape index (κ3) is 6.82. The van der Waals surface area contributed by atoms with Gasteiger partial charge in [0.05, 0.1) is 0 Å². The molecule has 0 saturated carbocycles. The maximum absolute atomic E-state index is 8.63. The fraction of sp³-hybridized carbons (Fsp3) is 0.143. The maximum Gasteiger partial charge on any atom is 0.115 e. The lowest BCUT2D eigenvalue weighted by Crippen LogP contribution is -1.94. The van der Waals surface area contributed by atoms with Crippen LogP contribution in [0.5, 0.6) is 11.5 Å². The number of benzene rings is 4. The summed E-state index contributed by atoms with van der Waals surface area (Å²) < 4.78 is 0. The van der Waals surface area contributed by atoms with Gasteiger partial charge in [-0.15, -0.1) is 0 Å². The fourth-order valence-corrected chi connectivity index (χ4v) is 2.99. The molecule has 2 heteroatoms. The molecule has 0 atom stereocenters. The highest BCUT2D eigenvalue weighted by molar-refractivity contribution is 5.70. The molecule has 154 valence electrons. The van der Waals surface area contributed by atoms with E-state index in [1.807, 2.05) is 12.1 Å². The molecular formula is C28H30O2. The van der Waals surface area contributed by atoms with Gasteiger partial charge in [0, 0.05) is 0 Å².